The topological polar surface area (TPSA) is 33.0 Å². The molecular formula is C14H16FNO. The zero-order valence-corrected chi connectivity index (χ0v) is 9.95. The molecule has 17 heavy (non-hydrogen) atoms. The molecule has 0 spiro atoms. The second kappa shape index (κ2) is 5.18. The molecule has 0 saturated heterocycles. The summed E-state index contributed by atoms with van der Waals surface area (Å²) < 4.78 is 18.8. The molecule has 2 rings (SSSR count). The van der Waals surface area contributed by atoms with E-state index in [0.29, 0.717) is 11.7 Å². The fourth-order valence-corrected chi connectivity index (χ4v) is 2.31. The summed E-state index contributed by atoms with van der Waals surface area (Å²) in [6, 6.07) is 6.09. The van der Waals surface area contributed by atoms with E-state index in [1.807, 2.05) is 6.07 Å². The first-order valence-electron chi connectivity index (χ1n) is 6.07. The highest BCUT2D eigenvalue weighted by Crippen LogP contribution is 2.29. The Bertz CT molecular complexity index is 438. The maximum atomic E-state index is 13.0. The molecule has 3 heteroatoms. The molecule has 1 saturated carbocycles. The van der Waals surface area contributed by atoms with E-state index >= 15 is 0 Å². The summed E-state index contributed by atoms with van der Waals surface area (Å²) in [7, 11) is 0. The summed E-state index contributed by atoms with van der Waals surface area (Å²) in [5.74, 6) is 0.610. The summed E-state index contributed by atoms with van der Waals surface area (Å²) >= 11 is 0. The van der Waals surface area contributed by atoms with Gasteiger partial charge in [-0.2, -0.15) is 5.26 Å². The van der Waals surface area contributed by atoms with Crippen molar-refractivity contribution in [1.82, 2.24) is 0 Å². The van der Waals surface area contributed by atoms with Crippen molar-refractivity contribution in [3.05, 3.63) is 29.6 Å². The lowest BCUT2D eigenvalue weighted by Gasteiger charge is -2.29. The molecule has 0 bridgehead atoms. The van der Waals surface area contributed by atoms with Crippen molar-refractivity contribution in [1.29, 1.82) is 5.26 Å². The van der Waals surface area contributed by atoms with Gasteiger partial charge in [-0.25, -0.2) is 4.39 Å². The van der Waals surface area contributed by atoms with Crippen molar-refractivity contribution in [3.8, 4) is 11.8 Å². The molecule has 1 aliphatic carbocycles. The van der Waals surface area contributed by atoms with Crippen LogP contribution in [0.1, 0.15) is 38.2 Å². The van der Waals surface area contributed by atoms with Crippen molar-refractivity contribution in [3.63, 3.8) is 0 Å². The van der Waals surface area contributed by atoms with Crippen molar-refractivity contribution >= 4 is 0 Å². The molecule has 0 heterocycles. The first-order chi connectivity index (χ1) is 8.20. The van der Waals surface area contributed by atoms with Crippen LogP contribution in [0.15, 0.2) is 18.2 Å². The van der Waals surface area contributed by atoms with E-state index in [-0.39, 0.29) is 11.7 Å². The second-order valence-electron chi connectivity index (χ2n) is 4.67. The third-order valence-electron chi connectivity index (χ3n) is 3.37. The van der Waals surface area contributed by atoms with E-state index in [0.717, 1.165) is 19.3 Å². The predicted octanol–water partition coefficient (Wildman–Crippen LogP) is 3.65. The lowest BCUT2D eigenvalue weighted by atomic mass is 9.88. The SMILES string of the molecule is CC1CCCCC1Oc1ccc(F)cc1C#N. The Kier molecular flexibility index (Phi) is 3.63. The maximum absolute atomic E-state index is 13.0. The molecule has 2 atom stereocenters. The number of halogens is 1. The maximum Gasteiger partial charge on any atom is 0.137 e. The van der Waals surface area contributed by atoms with E-state index < -0.39 is 5.82 Å². The van der Waals surface area contributed by atoms with Crippen LogP contribution >= 0.6 is 0 Å². The van der Waals surface area contributed by atoms with Gasteiger partial charge in [0, 0.05) is 0 Å². The Morgan fingerprint density at radius 1 is 1.35 bits per heavy atom. The summed E-state index contributed by atoms with van der Waals surface area (Å²) in [5.41, 5.74) is 0.280. The molecule has 2 unspecified atom stereocenters. The molecular weight excluding hydrogens is 217 g/mol. The van der Waals surface area contributed by atoms with Gasteiger partial charge in [0.15, 0.2) is 0 Å². The zero-order chi connectivity index (χ0) is 12.3. The lowest BCUT2D eigenvalue weighted by Crippen LogP contribution is -2.28. The van der Waals surface area contributed by atoms with Crippen LogP contribution in [0.5, 0.6) is 5.75 Å². The summed E-state index contributed by atoms with van der Waals surface area (Å²) in [5, 5.41) is 8.94. The van der Waals surface area contributed by atoms with Crippen molar-refractivity contribution in [2.75, 3.05) is 0 Å². The van der Waals surface area contributed by atoms with Gasteiger partial charge in [-0.15, -0.1) is 0 Å². The Morgan fingerprint density at radius 3 is 2.82 bits per heavy atom. The van der Waals surface area contributed by atoms with E-state index in [2.05, 4.69) is 6.92 Å². The average Bonchev–Trinajstić information content (AvgIpc) is 2.34. The minimum atomic E-state index is -0.398. The van der Waals surface area contributed by atoms with E-state index in [1.165, 1.54) is 18.6 Å². The third kappa shape index (κ3) is 2.76. The molecule has 1 aromatic carbocycles. The average molecular weight is 233 g/mol. The highest BCUT2D eigenvalue weighted by atomic mass is 19.1. The Morgan fingerprint density at radius 2 is 2.12 bits per heavy atom. The van der Waals surface area contributed by atoms with Gasteiger partial charge in [0.2, 0.25) is 0 Å². The van der Waals surface area contributed by atoms with Gasteiger partial charge in [-0.05, 0) is 43.4 Å². The van der Waals surface area contributed by atoms with Gasteiger partial charge < -0.3 is 4.74 Å². The first-order valence-corrected chi connectivity index (χ1v) is 6.07. The molecule has 1 aliphatic rings. The number of ether oxygens (including phenoxy) is 1. The van der Waals surface area contributed by atoms with Gasteiger partial charge in [-0.1, -0.05) is 13.3 Å². The molecule has 1 aromatic rings. The molecule has 1 fully saturated rings. The minimum absolute atomic E-state index is 0.154. The molecule has 2 nitrogen and oxygen atoms in total. The Hall–Kier alpha value is -1.56. The van der Waals surface area contributed by atoms with Gasteiger partial charge in [0.05, 0.1) is 5.56 Å². The van der Waals surface area contributed by atoms with Crippen molar-refractivity contribution in [2.24, 2.45) is 5.92 Å². The lowest BCUT2D eigenvalue weighted by molar-refractivity contribution is 0.102. The fourth-order valence-electron chi connectivity index (χ4n) is 2.31. The van der Waals surface area contributed by atoms with Crippen molar-refractivity contribution in [2.45, 2.75) is 38.7 Å². The highest BCUT2D eigenvalue weighted by Gasteiger charge is 2.23. The van der Waals surface area contributed by atoms with Crippen LogP contribution in [0.3, 0.4) is 0 Å². The van der Waals surface area contributed by atoms with Crippen LogP contribution in [0.4, 0.5) is 4.39 Å². The van der Waals surface area contributed by atoms with E-state index in [9.17, 15) is 4.39 Å². The standard InChI is InChI=1S/C14H16FNO/c1-10-4-2-3-5-13(10)17-14-7-6-12(15)8-11(14)9-16/h6-8,10,13H,2-5H2,1H3. The van der Waals surface area contributed by atoms with Gasteiger partial charge in [0.1, 0.15) is 23.7 Å². The van der Waals surface area contributed by atoms with Crippen LogP contribution in [0, 0.1) is 23.1 Å². The van der Waals surface area contributed by atoms with Crippen LogP contribution in [-0.4, -0.2) is 6.10 Å². The molecule has 0 radical (unpaired) electrons. The van der Waals surface area contributed by atoms with Crippen LogP contribution in [-0.2, 0) is 0 Å². The summed E-state index contributed by atoms with van der Waals surface area (Å²) in [6.07, 6.45) is 4.74. The number of nitriles is 1. The molecule has 0 aromatic heterocycles. The molecule has 90 valence electrons. The molecule has 0 amide bonds. The zero-order valence-electron chi connectivity index (χ0n) is 9.95. The second-order valence-corrected chi connectivity index (χ2v) is 4.67. The Labute approximate surface area is 101 Å². The molecule has 0 N–H and O–H groups in total. The molecule has 0 aliphatic heterocycles. The van der Waals surface area contributed by atoms with Crippen molar-refractivity contribution < 1.29 is 9.13 Å². The Balaban J connectivity index is 2.15. The van der Waals surface area contributed by atoms with Gasteiger partial charge in [0.25, 0.3) is 0 Å². The van der Waals surface area contributed by atoms with Gasteiger partial charge >= 0.3 is 0 Å². The quantitative estimate of drug-likeness (QED) is 0.781. The number of nitrogens with zero attached hydrogens (tertiary/aromatic N) is 1. The highest BCUT2D eigenvalue weighted by molar-refractivity contribution is 5.43. The minimum Gasteiger partial charge on any atom is -0.489 e. The number of rotatable bonds is 2. The summed E-state index contributed by atoms with van der Waals surface area (Å²) in [6.45, 7) is 2.17. The van der Waals surface area contributed by atoms with E-state index in [1.54, 1.807) is 6.07 Å². The number of benzene rings is 1. The normalized spacial score (nSPS) is 24.1. The smallest absolute Gasteiger partial charge is 0.137 e. The number of hydrogen-bond donors (Lipinski definition) is 0. The number of hydrogen-bond acceptors (Lipinski definition) is 2. The monoisotopic (exact) mass is 233 g/mol. The van der Waals surface area contributed by atoms with E-state index in [4.69, 9.17) is 10.00 Å². The third-order valence-corrected chi connectivity index (χ3v) is 3.37. The van der Waals surface area contributed by atoms with Crippen LogP contribution in [0.2, 0.25) is 0 Å². The predicted molar refractivity (Wildman–Crippen MR) is 63.2 cm³/mol. The van der Waals surface area contributed by atoms with Crippen LogP contribution in [0.25, 0.3) is 0 Å². The summed E-state index contributed by atoms with van der Waals surface area (Å²) in [4.78, 5) is 0. The fraction of sp³-hybridized carbons (Fsp3) is 0.500. The van der Waals surface area contributed by atoms with Crippen LogP contribution < -0.4 is 4.74 Å². The first kappa shape index (κ1) is 11.9. The van der Waals surface area contributed by atoms with Gasteiger partial charge in [-0.3, -0.25) is 0 Å². The largest absolute Gasteiger partial charge is 0.489 e.